The van der Waals surface area contributed by atoms with Crippen molar-refractivity contribution in [1.82, 2.24) is 74.9 Å². The minimum Gasteiger partial charge on any atom is -0.494 e. The summed E-state index contributed by atoms with van der Waals surface area (Å²) in [5.41, 5.74) is 6.28. The van der Waals surface area contributed by atoms with Crippen LogP contribution in [0, 0.1) is 17.6 Å². The van der Waals surface area contributed by atoms with Gasteiger partial charge in [0.1, 0.15) is 53.4 Å². The molecule has 11 aromatic rings. The second-order valence-electron chi connectivity index (χ2n) is 19.6. The van der Waals surface area contributed by atoms with Gasteiger partial charge < -0.3 is 55.0 Å². The summed E-state index contributed by atoms with van der Waals surface area (Å²) in [7, 11) is 14.6. The topological polar surface area (TPSA) is 302 Å². The molecule has 0 radical (unpaired) electrons. The fourth-order valence-corrected chi connectivity index (χ4v) is 9.01. The number of methoxy groups -OCH3 is 6. The molecule has 27 nitrogen and oxygen atoms in total. The lowest BCUT2D eigenvalue weighted by Gasteiger charge is -2.16. The Bertz CT molecular complexity index is 4280. The number of hydrogen-bond donors (Lipinski definition) is 5. The molecule has 0 atom stereocenters. The van der Waals surface area contributed by atoms with Crippen LogP contribution in [0.2, 0.25) is 0 Å². The standard InChI is InChI=1S/C21H18F2N6O2.C21H21N7O2.C19H21N7O3/c1-29-11-24-20(28-29)12-6-4-9-15(19(12)30-2)25-17-10-16(26-27-21(17)31-3)18-13(22)7-5-8-14(18)23;1-28-13-22-20(27-28)15-10-7-11-16(19(15)29-2)24-17-12-18(25-26-21(17)30-3)23-14-8-5-4-6-9-14;1-26-10-20-17(25-26)12-5-4-6-13(16(12)28-2)21-14-9-15(23-24-19(14)29-3)22-18(27)11-7-8-11/h4-11H,1-3H3,(H,25,26);4-13H,1-3H3,(H2,23,24,25);4-6,9-11H,7-8H2,1-3H3,(H2,21,22,23,27). The molecule has 0 spiro atoms. The van der Waals surface area contributed by atoms with E-state index in [-0.39, 0.29) is 34.8 Å². The molecule has 0 aliphatic heterocycles. The number of nitrogens with one attached hydrogen (secondary N) is 5. The number of aromatic nitrogens is 15. The smallest absolute Gasteiger partial charge is 0.257 e. The van der Waals surface area contributed by atoms with E-state index < -0.39 is 11.6 Å². The van der Waals surface area contributed by atoms with Crippen molar-refractivity contribution < 1.29 is 42.0 Å². The molecule has 29 heteroatoms. The van der Waals surface area contributed by atoms with Crippen molar-refractivity contribution in [2.45, 2.75) is 12.8 Å². The Morgan fingerprint density at radius 1 is 0.444 bits per heavy atom. The van der Waals surface area contributed by atoms with E-state index in [2.05, 4.69) is 87.4 Å². The van der Waals surface area contributed by atoms with Gasteiger partial charge in [-0.2, -0.15) is 15.3 Å². The number of ether oxygens (including phenoxy) is 6. The molecule has 5 aromatic carbocycles. The maximum Gasteiger partial charge on any atom is 0.257 e. The summed E-state index contributed by atoms with van der Waals surface area (Å²) in [6.07, 6.45) is 6.67. The molecule has 460 valence electrons. The third-order valence-corrected chi connectivity index (χ3v) is 13.3. The number of carbonyl (C=O) groups excluding carboxylic acids is 1. The highest BCUT2D eigenvalue weighted by molar-refractivity contribution is 5.94. The van der Waals surface area contributed by atoms with Crippen molar-refractivity contribution in [1.29, 1.82) is 0 Å². The predicted octanol–water partition coefficient (Wildman–Crippen LogP) is 10.1. The number of aryl methyl sites for hydroxylation is 3. The number of carbonyl (C=O) groups is 1. The zero-order valence-corrected chi connectivity index (χ0v) is 50.1. The van der Waals surface area contributed by atoms with Crippen molar-refractivity contribution in [3.05, 3.63) is 152 Å². The van der Waals surface area contributed by atoms with Crippen LogP contribution in [0.1, 0.15) is 12.8 Å². The molecule has 12 rings (SSSR count). The monoisotopic (exact) mass is 1220 g/mol. The largest absolute Gasteiger partial charge is 0.494 e. The van der Waals surface area contributed by atoms with Gasteiger partial charge >= 0.3 is 0 Å². The predicted molar refractivity (Wildman–Crippen MR) is 331 cm³/mol. The summed E-state index contributed by atoms with van der Waals surface area (Å²) in [5, 5.41) is 53.0. The highest BCUT2D eigenvalue weighted by Gasteiger charge is 2.30. The van der Waals surface area contributed by atoms with E-state index in [4.69, 9.17) is 28.4 Å². The zero-order valence-electron chi connectivity index (χ0n) is 50.1. The lowest BCUT2D eigenvalue weighted by Crippen LogP contribution is -2.15. The van der Waals surface area contributed by atoms with Crippen molar-refractivity contribution in [3.63, 3.8) is 0 Å². The molecule has 6 heterocycles. The summed E-state index contributed by atoms with van der Waals surface area (Å²) in [5.74, 6) is 3.52. The molecule has 1 amide bonds. The molecule has 1 fully saturated rings. The van der Waals surface area contributed by atoms with Crippen molar-refractivity contribution >= 4 is 57.4 Å². The molecule has 0 bridgehead atoms. The van der Waals surface area contributed by atoms with Crippen LogP contribution < -0.4 is 55.0 Å². The Morgan fingerprint density at radius 2 is 0.844 bits per heavy atom. The van der Waals surface area contributed by atoms with Gasteiger partial charge in [0.15, 0.2) is 46.4 Å². The summed E-state index contributed by atoms with van der Waals surface area (Å²) >= 11 is 0. The first kappa shape index (κ1) is 61.2. The molecule has 6 aromatic heterocycles. The first-order valence-electron chi connectivity index (χ1n) is 27.5. The zero-order chi connectivity index (χ0) is 63.3. The molecule has 1 saturated carbocycles. The van der Waals surface area contributed by atoms with Crippen LogP contribution >= 0.6 is 0 Å². The molecule has 1 aliphatic rings. The number of benzene rings is 5. The minimum atomic E-state index is -0.744. The Kier molecular flexibility index (Phi) is 19.1. The van der Waals surface area contributed by atoms with Gasteiger partial charge in [0.05, 0.1) is 82.0 Å². The fraction of sp³-hybridized carbons (Fsp3) is 0.197. The molecular weight excluding hydrogens is 1160 g/mol. The van der Waals surface area contributed by atoms with E-state index in [9.17, 15) is 13.6 Å². The van der Waals surface area contributed by atoms with E-state index in [1.807, 2.05) is 85.9 Å². The first-order chi connectivity index (χ1) is 43.8. The van der Waals surface area contributed by atoms with Crippen LogP contribution in [-0.2, 0) is 25.9 Å². The normalized spacial score (nSPS) is 11.4. The summed E-state index contributed by atoms with van der Waals surface area (Å²) < 4.78 is 66.2. The number of anilines is 9. The van der Waals surface area contributed by atoms with E-state index in [1.54, 1.807) is 86.7 Å². The quantitative estimate of drug-likeness (QED) is 0.0474. The number of halogens is 2. The Hall–Kier alpha value is -11.9. The third-order valence-electron chi connectivity index (χ3n) is 13.3. The highest BCUT2D eigenvalue weighted by Crippen LogP contribution is 2.42. The average Bonchev–Trinajstić information content (AvgIpc) is 4.20. The van der Waals surface area contributed by atoms with Gasteiger partial charge in [-0.3, -0.25) is 18.8 Å². The van der Waals surface area contributed by atoms with E-state index in [1.165, 1.54) is 33.5 Å². The Balaban J connectivity index is 0.000000149. The lowest BCUT2D eigenvalue weighted by atomic mass is 10.1. The van der Waals surface area contributed by atoms with Crippen molar-refractivity contribution in [2.75, 3.05) is 69.2 Å². The second kappa shape index (κ2) is 28.1. The van der Waals surface area contributed by atoms with E-state index >= 15 is 0 Å². The van der Waals surface area contributed by atoms with Gasteiger partial charge in [-0.1, -0.05) is 42.5 Å². The van der Waals surface area contributed by atoms with Crippen LogP contribution in [0.5, 0.6) is 34.9 Å². The van der Waals surface area contributed by atoms with Crippen LogP contribution in [0.25, 0.3) is 45.4 Å². The van der Waals surface area contributed by atoms with Crippen molar-refractivity contribution in [3.8, 4) is 80.3 Å². The fourth-order valence-electron chi connectivity index (χ4n) is 9.01. The number of amides is 1. The van der Waals surface area contributed by atoms with Crippen LogP contribution in [0.15, 0.2) is 140 Å². The van der Waals surface area contributed by atoms with Gasteiger partial charge in [0, 0.05) is 44.9 Å². The van der Waals surface area contributed by atoms with Gasteiger partial charge in [0.25, 0.3) is 17.6 Å². The second-order valence-corrected chi connectivity index (χ2v) is 19.6. The number of para-hydroxylation sites is 4. The van der Waals surface area contributed by atoms with Gasteiger partial charge in [-0.15, -0.1) is 30.6 Å². The van der Waals surface area contributed by atoms with Gasteiger partial charge in [-0.05, 0) is 79.6 Å². The molecule has 5 N–H and O–H groups in total. The molecule has 0 unspecified atom stereocenters. The highest BCUT2D eigenvalue weighted by atomic mass is 19.1. The van der Waals surface area contributed by atoms with E-state index in [0.717, 1.165) is 47.5 Å². The summed E-state index contributed by atoms with van der Waals surface area (Å²) in [6.45, 7) is 0. The molecule has 90 heavy (non-hydrogen) atoms. The van der Waals surface area contributed by atoms with Gasteiger partial charge in [0.2, 0.25) is 5.91 Å². The number of hydrogen-bond acceptors (Lipinski definition) is 23. The SMILES string of the molecule is COc1nnc(-c2c(F)cccc2F)cc1Nc1cccc(-c2ncn(C)n2)c1OC.COc1nnc(NC(=O)C2CC2)cc1Nc1cccc(-c2ncn(C)n2)c1OC.COc1nnc(Nc2ccccc2)cc1Nc1cccc(-c2ncn(C)n2)c1OC. The summed E-state index contributed by atoms with van der Waals surface area (Å²) in [6, 6.07) is 35.0. The lowest BCUT2D eigenvalue weighted by molar-refractivity contribution is -0.117. The van der Waals surface area contributed by atoms with Gasteiger partial charge in [-0.25, -0.2) is 23.7 Å². The van der Waals surface area contributed by atoms with E-state index in [0.29, 0.717) is 86.2 Å². The maximum atomic E-state index is 14.2. The molecular formula is C61H60F2N20O7. The maximum absolute atomic E-state index is 14.2. The molecule has 1 aliphatic carbocycles. The number of rotatable bonds is 20. The van der Waals surface area contributed by atoms with Crippen LogP contribution in [-0.4, -0.2) is 123 Å². The molecule has 0 saturated heterocycles. The van der Waals surface area contributed by atoms with Crippen LogP contribution in [0.3, 0.4) is 0 Å². The van der Waals surface area contributed by atoms with Crippen LogP contribution in [0.4, 0.5) is 60.2 Å². The Labute approximate surface area is 513 Å². The first-order valence-corrected chi connectivity index (χ1v) is 27.5. The number of nitrogens with zero attached hydrogens (tertiary/aromatic N) is 15. The van der Waals surface area contributed by atoms with Crippen molar-refractivity contribution in [2.24, 2.45) is 27.1 Å². The third kappa shape index (κ3) is 14.3. The summed E-state index contributed by atoms with van der Waals surface area (Å²) in [4.78, 5) is 24.9. The average molecular weight is 1220 g/mol. The Morgan fingerprint density at radius 3 is 1.24 bits per heavy atom. The minimum absolute atomic E-state index is 0.0143.